The number of nitrogens with zero attached hydrogens (tertiary/aromatic N) is 1. The second-order valence-electron chi connectivity index (χ2n) is 3.47. The van der Waals surface area contributed by atoms with Crippen LogP contribution in [0.1, 0.15) is 10.4 Å². The predicted molar refractivity (Wildman–Crippen MR) is 66.1 cm³/mol. The topological polar surface area (TPSA) is 76.2 Å². The number of carboxylic acids is 1. The van der Waals surface area contributed by atoms with Gasteiger partial charge in [0, 0.05) is 16.8 Å². The zero-order valence-electron chi connectivity index (χ0n) is 8.72. The normalized spacial score (nSPS) is 10.2. The van der Waals surface area contributed by atoms with E-state index in [1.165, 1.54) is 12.3 Å². The molecule has 0 atom stereocenters. The first-order valence-electron chi connectivity index (χ1n) is 4.82. The number of aromatic nitrogens is 1. The first-order valence-corrected chi connectivity index (χ1v) is 5.20. The number of hydrogen-bond donors (Lipinski definition) is 2. The summed E-state index contributed by atoms with van der Waals surface area (Å²) in [5, 5.41) is 9.41. The monoisotopic (exact) mass is 248 g/mol. The summed E-state index contributed by atoms with van der Waals surface area (Å²) in [5.74, 6) is -1.05. The van der Waals surface area contributed by atoms with Crippen LogP contribution in [0.2, 0.25) is 5.02 Å². The van der Waals surface area contributed by atoms with Crippen LogP contribution in [0.4, 0.5) is 5.69 Å². The molecule has 1 aromatic carbocycles. The van der Waals surface area contributed by atoms with Crippen molar-refractivity contribution < 1.29 is 9.90 Å². The fourth-order valence-electron chi connectivity index (χ4n) is 1.45. The van der Waals surface area contributed by atoms with Crippen LogP contribution in [0.25, 0.3) is 11.3 Å². The Kier molecular flexibility index (Phi) is 2.97. The number of carboxylic acid groups (broad SMARTS) is 1. The van der Waals surface area contributed by atoms with Gasteiger partial charge in [-0.15, -0.1) is 0 Å². The number of anilines is 1. The molecule has 0 fully saturated rings. The minimum absolute atomic E-state index is 0.0696. The predicted octanol–water partition coefficient (Wildman–Crippen LogP) is 2.68. The first-order chi connectivity index (χ1) is 8.08. The number of nitrogens with two attached hydrogens (primary N) is 1. The van der Waals surface area contributed by atoms with E-state index in [2.05, 4.69) is 4.98 Å². The number of carbonyl (C=O) groups is 1. The van der Waals surface area contributed by atoms with Gasteiger partial charge in [-0.05, 0) is 18.2 Å². The quantitative estimate of drug-likeness (QED) is 0.857. The van der Waals surface area contributed by atoms with E-state index in [0.29, 0.717) is 16.4 Å². The number of halogens is 1. The molecule has 0 spiro atoms. The summed E-state index contributed by atoms with van der Waals surface area (Å²) in [4.78, 5) is 14.8. The number of benzene rings is 1. The van der Waals surface area contributed by atoms with Crippen molar-refractivity contribution in [3.8, 4) is 11.3 Å². The van der Waals surface area contributed by atoms with Gasteiger partial charge in [0.25, 0.3) is 0 Å². The lowest BCUT2D eigenvalue weighted by Crippen LogP contribution is -2.01. The standard InChI is InChI=1S/C12H9ClN2O2/c13-9-3-1-7(2-4-9)11-10(14)5-8(6-15-11)12(16)17/h1-6H,14H2,(H,16,17). The van der Waals surface area contributed by atoms with E-state index < -0.39 is 5.97 Å². The molecule has 3 N–H and O–H groups in total. The van der Waals surface area contributed by atoms with Crippen LogP contribution in [-0.2, 0) is 0 Å². The van der Waals surface area contributed by atoms with Gasteiger partial charge in [-0.3, -0.25) is 4.98 Å². The Hall–Kier alpha value is -2.07. The van der Waals surface area contributed by atoms with Gasteiger partial charge in [-0.25, -0.2) is 4.79 Å². The first kappa shape index (κ1) is 11.4. The van der Waals surface area contributed by atoms with Crippen molar-refractivity contribution in [3.05, 3.63) is 47.1 Å². The van der Waals surface area contributed by atoms with Crippen LogP contribution in [0.15, 0.2) is 36.5 Å². The molecule has 2 rings (SSSR count). The molecule has 4 nitrogen and oxygen atoms in total. The summed E-state index contributed by atoms with van der Waals surface area (Å²) >= 11 is 5.78. The Morgan fingerprint density at radius 1 is 1.29 bits per heavy atom. The molecule has 0 aliphatic carbocycles. The molecule has 1 heterocycles. The zero-order valence-corrected chi connectivity index (χ0v) is 9.48. The molecule has 1 aromatic heterocycles. The van der Waals surface area contributed by atoms with E-state index in [1.807, 2.05) is 0 Å². The van der Waals surface area contributed by atoms with Crippen LogP contribution in [0.5, 0.6) is 0 Å². The lowest BCUT2D eigenvalue weighted by Gasteiger charge is -2.05. The second kappa shape index (κ2) is 4.43. The number of hydrogen-bond acceptors (Lipinski definition) is 3. The van der Waals surface area contributed by atoms with Gasteiger partial charge < -0.3 is 10.8 Å². The summed E-state index contributed by atoms with van der Waals surface area (Å²) in [6, 6.07) is 8.40. The summed E-state index contributed by atoms with van der Waals surface area (Å²) in [6.45, 7) is 0. The third-order valence-corrected chi connectivity index (χ3v) is 2.53. The van der Waals surface area contributed by atoms with E-state index in [4.69, 9.17) is 22.4 Å². The second-order valence-corrected chi connectivity index (χ2v) is 3.91. The van der Waals surface area contributed by atoms with Crippen LogP contribution in [0, 0.1) is 0 Å². The Morgan fingerprint density at radius 3 is 2.47 bits per heavy atom. The maximum Gasteiger partial charge on any atom is 0.337 e. The van der Waals surface area contributed by atoms with E-state index in [9.17, 15) is 4.79 Å². The summed E-state index contributed by atoms with van der Waals surface area (Å²) < 4.78 is 0. The Labute approximate surface area is 103 Å². The highest BCUT2D eigenvalue weighted by Gasteiger charge is 2.09. The van der Waals surface area contributed by atoms with Gasteiger partial charge in [0.2, 0.25) is 0 Å². The molecule has 0 unspecified atom stereocenters. The molecule has 0 saturated carbocycles. The number of aromatic carboxylic acids is 1. The fraction of sp³-hybridized carbons (Fsp3) is 0. The Balaban J connectivity index is 2.46. The molecule has 2 aromatic rings. The van der Waals surface area contributed by atoms with E-state index in [1.54, 1.807) is 24.3 Å². The van der Waals surface area contributed by atoms with Gasteiger partial charge in [0.15, 0.2) is 0 Å². The highest BCUT2D eigenvalue weighted by molar-refractivity contribution is 6.30. The zero-order chi connectivity index (χ0) is 12.4. The largest absolute Gasteiger partial charge is 0.478 e. The van der Waals surface area contributed by atoms with Gasteiger partial charge in [0.05, 0.1) is 16.9 Å². The molecule has 0 radical (unpaired) electrons. The number of rotatable bonds is 2. The van der Waals surface area contributed by atoms with Gasteiger partial charge in [-0.1, -0.05) is 23.7 Å². The lowest BCUT2D eigenvalue weighted by molar-refractivity contribution is 0.0696. The van der Waals surface area contributed by atoms with E-state index in [-0.39, 0.29) is 5.56 Å². The fourth-order valence-corrected chi connectivity index (χ4v) is 1.57. The van der Waals surface area contributed by atoms with Crippen molar-refractivity contribution in [2.24, 2.45) is 0 Å². The third kappa shape index (κ3) is 2.37. The van der Waals surface area contributed by atoms with E-state index in [0.717, 1.165) is 5.56 Å². The molecular formula is C12H9ClN2O2. The molecule has 0 saturated heterocycles. The average molecular weight is 249 g/mol. The summed E-state index contributed by atoms with van der Waals surface area (Å²) in [6.07, 6.45) is 1.28. The van der Waals surface area contributed by atoms with Crippen molar-refractivity contribution in [1.29, 1.82) is 0 Å². The van der Waals surface area contributed by atoms with Crippen LogP contribution in [0.3, 0.4) is 0 Å². The lowest BCUT2D eigenvalue weighted by atomic mass is 10.1. The molecule has 0 aliphatic rings. The third-order valence-electron chi connectivity index (χ3n) is 2.28. The summed E-state index contributed by atoms with van der Waals surface area (Å²) in [7, 11) is 0. The van der Waals surface area contributed by atoms with Crippen LogP contribution < -0.4 is 5.73 Å². The highest BCUT2D eigenvalue weighted by Crippen LogP contribution is 2.25. The Morgan fingerprint density at radius 2 is 1.94 bits per heavy atom. The van der Waals surface area contributed by atoms with Crippen molar-refractivity contribution in [2.75, 3.05) is 5.73 Å². The molecule has 5 heteroatoms. The number of nitrogen functional groups attached to an aromatic ring is 1. The smallest absolute Gasteiger partial charge is 0.337 e. The van der Waals surface area contributed by atoms with Crippen molar-refractivity contribution >= 4 is 23.3 Å². The molecule has 0 amide bonds. The number of pyridine rings is 1. The van der Waals surface area contributed by atoms with E-state index >= 15 is 0 Å². The van der Waals surface area contributed by atoms with Crippen molar-refractivity contribution in [3.63, 3.8) is 0 Å². The Bertz CT molecular complexity index is 567. The summed E-state index contributed by atoms with van der Waals surface area (Å²) in [5.41, 5.74) is 7.51. The minimum atomic E-state index is -1.05. The van der Waals surface area contributed by atoms with Gasteiger partial charge in [0.1, 0.15) is 0 Å². The van der Waals surface area contributed by atoms with Gasteiger partial charge >= 0.3 is 5.97 Å². The maximum absolute atomic E-state index is 10.7. The highest BCUT2D eigenvalue weighted by atomic mass is 35.5. The molecule has 86 valence electrons. The van der Waals surface area contributed by atoms with Gasteiger partial charge in [-0.2, -0.15) is 0 Å². The minimum Gasteiger partial charge on any atom is -0.478 e. The van der Waals surface area contributed by atoms with Crippen LogP contribution in [-0.4, -0.2) is 16.1 Å². The molecule has 0 aliphatic heterocycles. The van der Waals surface area contributed by atoms with Crippen molar-refractivity contribution in [1.82, 2.24) is 4.98 Å². The maximum atomic E-state index is 10.7. The molecule has 17 heavy (non-hydrogen) atoms. The molecule has 0 bridgehead atoms. The molecular weight excluding hydrogens is 240 g/mol. The average Bonchev–Trinajstić information content (AvgIpc) is 2.30. The van der Waals surface area contributed by atoms with Crippen LogP contribution >= 0.6 is 11.6 Å². The van der Waals surface area contributed by atoms with Crippen molar-refractivity contribution in [2.45, 2.75) is 0 Å². The SMILES string of the molecule is Nc1cc(C(=O)O)cnc1-c1ccc(Cl)cc1.